The number of rotatable bonds is 8. The Labute approximate surface area is 108 Å². The minimum atomic E-state index is 0.282. The van der Waals surface area contributed by atoms with E-state index >= 15 is 0 Å². The maximum atomic E-state index is 3.82. The first kappa shape index (κ1) is 15.0. The molecule has 0 aliphatic heterocycles. The molecule has 1 aliphatic rings. The largest absolute Gasteiger partial charge is 0.312 e. The number of nitrogens with one attached hydrogen (secondary N) is 1. The van der Waals surface area contributed by atoms with Crippen LogP contribution in [0.15, 0.2) is 0 Å². The second kappa shape index (κ2) is 6.75. The summed E-state index contributed by atoms with van der Waals surface area (Å²) in [6, 6.07) is 0.663. The van der Waals surface area contributed by atoms with Crippen LogP contribution in [0.2, 0.25) is 0 Å². The fraction of sp³-hybridized carbons (Fsp3) is 1.00. The topological polar surface area (TPSA) is 15.3 Å². The van der Waals surface area contributed by atoms with Crippen LogP contribution in [-0.2, 0) is 0 Å². The maximum Gasteiger partial charge on any atom is 0.0308 e. The van der Waals surface area contributed by atoms with Crippen molar-refractivity contribution in [1.29, 1.82) is 0 Å². The molecule has 1 aliphatic carbocycles. The molecule has 0 aromatic rings. The predicted octanol–water partition coefficient (Wildman–Crippen LogP) is 3.28. The van der Waals surface area contributed by atoms with Gasteiger partial charge in [-0.05, 0) is 58.7 Å². The van der Waals surface area contributed by atoms with Crippen LogP contribution in [0.4, 0.5) is 0 Å². The van der Waals surface area contributed by atoms with Crippen molar-refractivity contribution >= 4 is 0 Å². The molecule has 0 saturated heterocycles. The van der Waals surface area contributed by atoms with Crippen LogP contribution in [-0.4, -0.2) is 36.1 Å². The molecule has 1 fully saturated rings. The Morgan fingerprint density at radius 1 is 1.18 bits per heavy atom. The number of nitrogens with zero attached hydrogens (tertiary/aromatic N) is 1. The van der Waals surface area contributed by atoms with Gasteiger partial charge in [-0.25, -0.2) is 0 Å². The molecule has 0 radical (unpaired) electrons. The minimum absolute atomic E-state index is 0.282. The highest BCUT2D eigenvalue weighted by Crippen LogP contribution is 2.36. The fourth-order valence-electron chi connectivity index (χ4n) is 3.30. The van der Waals surface area contributed by atoms with E-state index in [2.05, 4.69) is 44.8 Å². The average molecular weight is 240 g/mol. The standard InChI is InChI=1S/C15H32N2/c1-6-12-16-14(13-10-9-11-13)15(4,5)17(7-2)8-3/h13-14,16H,6-12H2,1-5H3. The van der Waals surface area contributed by atoms with Crippen molar-refractivity contribution in [3.63, 3.8) is 0 Å². The van der Waals surface area contributed by atoms with E-state index in [1.54, 1.807) is 0 Å². The summed E-state index contributed by atoms with van der Waals surface area (Å²) in [4.78, 5) is 2.61. The van der Waals surface area contributed by atoms with Crippen LogP contribution in [0.3, 0.4) is 0 Å². The zero-order valence-corrected chi connectivity index (χ0v) is 12.6. The van der Waals surface area contributed by atoms with Gasteiger partial charge in [0.25, 0.3) is 0 Å². The molecule has 0 bridgehead atoms. The van der Waals surface area contributed by atoms with Gasteiger partial charge in [-0.2, -0.15) is 0 Å². The SMILES string of the molecule is CCCNC(C1CCC1)C(C)(C)N(CC)CC. The third-order valence-electron chi connectivity index (χ3n) is 4.58. The van der Waals surface area contributed by atoms with Crippen LogP contribution >= 0.6 is 0 Å². The van der Waals surface area contributed by atoms with Crippen LogP contribution in [0.5, 0.6) is 0 Å². The smallest absolute Gasteiger partial charge is 0.0308 e. The van der Waals surface area contributed by atoms with Crippen LogP contribution in [0, 0.1) is 5.92 Å². The van der Waals surface area contributed by atoms with E-state index in [1.807, 2.05) is 0 Å². The van der Waals surface area contributed by atoms with E-state index in [-0.39, 0.29) is 5.54 Å². The first-order chi connectivity index (χ1) is 8.07. The fourth-order valence-corrected chi connectivity index (χ4v) is 3.30. The Morgan fingerprint density at radius 2 is 1.76 bits per heavy atom. The molecule has 17 heavy (non-hydrogen) atoms. The van der Waals surface area contributed by atoms with Crippen LogP contribution in [0.25, 0.3) is 0 Å². The van der Waals surface area contributed by atoms with Gasteiger partial charge in [-0.15, -0.1) is 0 Å². The monoisotopic (exact) mass is 240 g/mol. The van der Waals surface area contributed by atoms with Gasteiger partial charge in [0.1, 0.15) is 0 Å². The summed E-state index contributed by atoms with van der Waals surface area (Å²) in [6.45, 7) is 15.1. The summed E-state index contributed by atoms with van der Waals surface area (Å²) < 4.78 is 0. The molecule has 0 aromatic carbocycles. The van der Waals surface area contributed by atoms with E-state index in [1.165, 1.54) is 25.7 Å². The van der Waals surface area contributed by atoms with Crippen LogP contribution < -0.4 is 5.32 Å². The highest BCUT2D eigenvalue weighted by atomic mass is 15.2. The molecule has 1 unspecified atom stereocenters. The highest BCUT2D eigenvalue weighted by molar-refractivity contribution is 4.99. The minimum Gasteiger partial charge on any atom is -0.312 e. The van der Waals surface area contributed by atoms with Gasteiger partial charge < -0.3 is 5.32 Å². The Bertz CT molecular complexity index is 205. The Morgan fingerprint density at radius 3 is 2.12 bits per heavy atom. The van der Waals surface area contributed by atoms with Gasteiger partial charge in [0, 0.05) is 11.6 Å². The van der Waals surface area contributed by atoms with Gasteiger partial charge in [-0.3, -0.25) is 4.90 Å². The van der Waals surface area contributed by atoms with E-state index in [0.717, 1.165) is 25.6 Å². The first-order valence-corrected chi connectivity index (χ1v) is 7.56. The number of hydrogen-bond acceptors (Lipinski definition) is 2. The lowest BCUT2D eigenvalue weighted by atomic mass is 9.72. The van der Waals surface area contributed by atoms with Crippen molar-refractivity contribution in [3.8, 4) is 0 Å². The summed E-state index contributed by atoms with van der Waals surface area (Å²) >= 11 is 0. The van der Waals surface area contributed by atoms with E-state index < -0.39 is 0 Å². The summed E-state index contributed by atoms with van der Waals surface area (Å²) in [5.41, 5.74) is 0.282. The molecule has 0 aromatic heterocycles. The molecule has 1 atom stereocenters. The van der Waals surface area contributed by atoms with Gasteiger partial charge >= 0.3 is 0 Å². The van der Waals surface area contributed by atoms with Crippen molar-refractivity contribution in [1.82, 2.24) is 10.2 Å². The summed E-state index contributed by atoms with van der Waals surface area (Å²) in [7, 11) is 0. The summed E-state index contributed by atoms with van der Waals surface area (Å²) in [6.07, 6.45) is 5.51. The zero-order valence-electron chi connectivity index (χ0n) is 12.6. The molecular formula is C15H32N2. The van der Waals surface area contributed by atoms with E-state index in [0.29, 0.717) is 6.04 Å². The quantitative estimate of drug-likeness (QED) is 0.700. The third-order valence-corrected chi connectivity index (χ3v) is 4.58. The lowest BCUT2D eigenvalue weighted by molar-refractivity contribution is 0.0428. The van der Waals surface area contributed by atoms with Crippen molar-refractivity contribution in [2.75, 3.05) is 19.6 Å². The van der Waals surface area contributed by atoms with Crippen molar-refractivity contribution in [3.05, 3.63) is 0 Å². The summed E-state index contributed by atoms with van der Waals surface area (Å²) in [5, 5.41) is 3.82. The lowest BCUT2D eigenvalue weighted by Gasteiger charge is -2.49. The van der Waals surface area contributed by atoms with Gasteiger partial charge in [0.2, 0.25) is 0 Å². The molecule has 0 amide bonds. The van der Waals surface area contributed by atoms with Crippen molar-refractivity contribution < 1.29 is 0 Å². The molecule has 1 rings (SSSR count). The molecule has 0 spiro atoms. The van der Waals surface area contributed by atoms with Gasteiger partial charge in [0.15, 0.2) is 0 Å². The molecule has 2 heteroatoms. The molecular weight excluding hydrogens is 208 g/mol. The van der Waals surface area contributed by atoms with Gasteiger partial charge in [-0.1, -0.05) is 27.2 Å². The Balaban J connectivity index is 2.70. The Kier molecular flexibility index (Phi) is 5.94. The summed E-state index contributed by atoms with van der Waals surface area (Å²) in [5.74, 6) is 0.900. The van der Waals surface area contributed by atoms with E-state index in [9.17, 15) is 0 Å². The highest BCUT2D eigenvalue weighted by Gasteiger charge is 2.40. The molecule has 1 N–H and O–H groups in total. The van der Waals surface area contributed by atoms with E-state index in [4.69, 9.17) is 0 Å². The molecule has 0 heterocycles. The predicted molar refractivity (Wildman–Crippen MR) is 76.4 cm³/mol. The molecule has 2 nitrogen and oxygen atoms in total. The number of hydrogen-bond donors (Lipinski definition) is 1. The second-order valence-corrected chi connectivity index (χ2v) is 5.95. The Hall–Kier alpha value is -0.0800. The maximum absolute atomic E-state index is 3.82. The van der Waals surface area contributed by atoms with Gasteiger partial charge in [0.05, 0.1) is 0 Å². The number of likely N-dealkylation sites (N-methyl/N-ethyl adjacent to an activating group) is 1. The van der Waals surface area contributed by atoms with Crippen molar-refractivity contribution in [2.24, 2.45) is 5.92 Å². The normalized spacial score (nSPS) is 19.4. The molecule has 102 valence electrons. The lowest BCUT2D eigenvalue weighted by Crippen LogP contribution is -2.61. The van der Waals surface area contributed by atoms with Crippen molar-refractivity contribution in [2.45, 2.75) is 71.9 Å². The average Bonchev–Trinajstić information content (AvgIpc) is 2.22. The van der Waals surface area contributed by atoms with Crippen LogP contribution in [0.1, 0.15) is 60.3 Å². The third kappa shape index (κ3) is 3.45. The molecule has 1 saturated carbocycles. The second-order valence-electron chi connectivity index (χ2n) is 5.95. The zero-order chi connectivity index (χ0) is 12.9. The first-order valence-electron chi connectivity index (χ1n) is 7.56.